The van der Waals surface area contributed by atoms with Gasteiger partial charge in [0.25, 0.3) is 5.91 Å². The number of aromatic hydroxyl groups is 1. The molecule has 12 nitrogen and oxygen atoms in total. The van der Waals surface area contributed by atoms with E-state index in [2.05, 4.69) is 5.16 Å². The number of carbonyl (C=O) groups excluding carboxylic acids is 3. The van der Waals surface area contributed by atoms with Gasteiger partial charge in [-0.2, -0.15) is 0 Å². The lowest BCUT2D eigenvalue weighted by Crippen LogP contribution is -2.65. The molecule has 0 spiro atoms. The molecule has 5 atom stereocenters. The fourth-order valence-electron chi connectivity index (χ4n) is 6.45. The lowest BCUT2D eigenvalue weighted by molar-refractivity contribution is -0.153. The number of carbonyl (C=O) groups is 3. The largest absolute Gasteiger partial charge is 0.508 e. The molecule has 0 aromatic heterocycles. The first-order valence-corrected chi connectivity index (χ1v) is 12.2. The molecule has 1 amide bonds. The van der Waals surface area contributed by atoms with Crippen LogP contribution in [0.15, 0.2) is 28.1 Å². The van der Waals surface area contributed by atoms with Crippen LogP contribution in [-0.2, 0) is 25.6 Å². The highest BCUT2D eigenvalue weighted by atomic mass is 16.6. The fraction of sp³-hybridized carbons (Fsp3) is 0.462. The van der Waals surface area contributed by atoms with Gasteiger partial charge in [0, 0.05) is 36.8 Å². The molecule has 202 valence electrons. The predicted octanol–water partition coefficient (Wildman–Crippen LogP) is 0.130. The molecule has 38 heavy (non-hydrogen) atoms. The maximum atomic E-state index is 14.0. The normalized spacial score (nSPS) is 30.3. The average Bonchev–Trinajstić information content (AvgIpc) is 3.35. The van der Waals surface area contributed by atoms with Crippen molar-refractivity contribution in [2.45, 2.75) is 30.4 Å². The zero-order chi connectivity index (χ0) is 27.8. The third-order valence-corrected chi connectivity index (χ3v) is 8.18. The Kier molecular flexibility index (Phi) is 5.80. The first-order chi connectivity index (χ1) is 17.8. The monoisotopic (exact) mass is 526 g/mol. The Morgan fingerprint density at radius 2 is 1.87 bits per heavy atom. The fourth-order valence-corrected chi connectivity index (χ4v) is 6.45. The summed E-state index contributed by atoms with van der Waals surface area (Å²) in [5.41, 5.74) is 3.44. The van der Waals surface area contributed by atoms with Gasteiger partial charge in [-0.1, -0.05) is 5.16 Å². The number of oxime groups is 1. The van der Waals surface area contributed by atoms with Gasteiger partial charge in [-0.25, -0.2) is 0 Å². The highest BCUT2D eigenvalue weighted by Gasteiger charge is 2.64. The number of aliphatic hydroxyl groups is 3. The molecular formula is C26H30N4O8. The number of nitrogens with zero attached hydrogens (tertiary/aromatic N) is 3. The number of benzene rings is 1. The van der Waals surface area contributed by atoms with Crippen molar-refractivity contribution in [3.8, 4) is 5.75 Å². The van der Waals surface area contributed by atoms with Gasteiger partial charge in [0.1, 0.15) is 29.4 Å². The van der Waals surface area contributed by atoms with Crippen LogP contribution in [0, 0.1) is 11.8 Å². The zero-order valence-electron chi connectivity index (χ0n) is 21.4. The number of hydrogen-bond donors (Lipinski definition) is 5. The number of Topliss-reactive ketones (excluding diaryl/α,β-unsaturated/α-hetero) is 2. The van der Waals surface area contributed by atoms with Crippen LogP contribution in [0.5, 0.6) is 5.75 Å². The van der Waals surface area contributed by atoms with Crippen molar-refractivity contribution in [1.29, 1.82) is 0 Å². The molecule has 1 heterocycles. The van der Waals surface area contributed by atoms with E-state index >= 15 is 0 Å². The number of primary amides is 1. The minimum absolute atomic E-state index is 0.0320. The third kappa shape index (κ3) is 3.29. The molecular weight excluding hydrogens is 496 g/mol. The van der Waals surface area contributed by atoms with Gasteiger partial charge in [0.2, 0.25) is 5.78 Å². The number of aliphatic hydroxyl groups excluding tert-OH is 2. The van der Waals surface area contributed by atoms with E-state index in [4.69, 9.17) is 10.6 Å². The third-order valence-electron chi connectivity index (χ3n) is 8.18. The van der Waals surface area contributed by atoms with Crippen molar-refractivity contribution in [1.82, 2.24) is 4.90 Å². The lowest BCUT2D eigenvalue weighted by atomic mass is 9.57. The van der Waals surface area contributed by atoms with E-state index in [0.717, 1.165) is 0 Å². The van der Waals surface area contributed by atoms with Gasteiger partial charge < -0.3 is 35.9 Å². The number of ketones is 2. The maximum Gasteiger partial charge on any atom is 0.255 e. The SMILES string of the molecule is CN(C)c1cc(C2C=NOC2)c(O)c2c1C[C@H]1C[C@H]3[C@H](N(C)C)C(=O)C(C(N)=O)=C(O)[C@@]3(O)C(=O)C1=C2O. The number of likely N-dealkylation sites (N-methyl/N-ethyl adjacent to an activating group) is 1. The van der Waals surface area contributed by atoms with E-state index in [1.807, 2.05) is 19.0 Å². The number of amides is 1. The molecule has 1 saturated carbocycles. The molecule has 1 aromatic carbocycles. The summed E-state index contributed by atoms with van der Waals surface area (Å²) >= 11 is 0. The molecule has 3 aliphatic carbocycles. The summed E-state index contributed by atoms with van der Waals surface area (Å²) in [6.45, 7) is 0.189. The van der Waals surface area contributed by atoms with E-state index in [1.165, 1.54) is 11.1 Å². The molecule has 0 saturated heterocycles. The van der Waals surface area contributed by atoms with Gasteiger partial charge >= 0.3 is 0 Å². The van der Waals surface area contributed by atoms with Crippen LogP contribution < -0.4 is 10.6 Å². The molecule has 1 aromatic rings. The number of rotatable bonds is 4. The second-order valence-electron chi connectivity index (χ2n) is 10.7. The topological polar surface area (TPSA) is 186 Å². The van der Waals surface area contributed by atoms with Crippen LogP contribution in [0.25, 0.3) is 5.76 Å². The Hall–Kier alpha value is -3.90. The molecule has 5 rings (SSSR count). The van der Waals surface area contributed by atoms with E-state index in [-0.39, 0.29) is 42.3 Å². The average molecular weight is 527 g/mol. The Labute approximate surface area is 218 Å². The van der Waals surface area contributed by atoms with Crippen molar-refractivity contribution in [2.75, 3.05) is 39.7 Å². The summed E-state index contributed by atoms with van der Waals surface area (Å²) in [4.78, 5) is 47.7. The van der Waals surface area contributed by atoms with Crippen LogP contribution in [0.1, 0.15) is 29.0 Å². The Morgan fingerprint density at radius 3 is 2.42 bits per heavy atom. The van der Waals surface area contributed by atoms with E-state index in [0.29, 0.717) is 16.8 Å². The van der Waals surface area contributed by atoms with Crippen LogP contribution in [-0.4, -0.2) is 95.5 Å². The Morgan fingerprint density at radius 1 is 1.18 bits per heavy atom. The summed E-state index contributed by atoms with van der Waals surface area (Å²) in [7, 11) is 6.75. The first-order valence-electron chi connectivity index (χ1n) is 12.2. The number of hydrogen-bond acceptors (Lipinski definition) is 11. The quantitative estimate of drug-likeness (QED) is 0.338. The van der Waals surface area contributed by atoms with E-state index in [1.54, 1.807) is 20.2 Å². The van der Waals surface area contributed by atoms with Crippen molar-refractivity contribution in [3.05, 3.63) is 39.7 Å². The minimum Gasteiger partial charge on any atom is -0.508 e. The van der Waals surface area contributed by atoms with Gasteiger partial charge in [-0.05, 0) is 44.5 Å². The molecule has 0 radical (unpaired) electrons. The van der Waals surface area contributed by atoms with Crippen molar-refractivity contribution in [2.24, 2.45) is 22.7 Å². The summed E-state index contributed by atoms with van der Waals surface area (Å²) in [5, 5.41) is 49.2. The second-order valence-corrected chi connectivity index (χ2v) is 10.7. The van der Waals surface area contributed by atoms with Crippen LogP contribution in [0.4, 0.5) is 5.69 Å². The Balaban J connectivity index is 1.76. The summed E-state index contributed by atoms with van der Waals surface area (Å²) < 4.78 is 0. The Bertz CT molecular complexity index is 1380. The van der Waals surface area contributed by atoms with E-state index in [9.17, 15) is 34.8 Å². The number of fused-ring (bicyclic) bond motifs is 3. The maximum absolute atomic E-state index is 14.0. The smallest absolute Gasteiger partial charge is 0.255 e. The van der Waals surface area contributed by atoms with Gasteiger partial charge in [-0.3, -0.25) is 19.3 Å². The molecule has 0 bridgehead atoms. The van der Waals surface area contributed by atoms with Crippen molar-refractivity contribution in [3.63, 3.8) is 0 Å². The molecule has 4 aliphatic rings. The summed E-state index contributed by atoms with van der Waals surface area (Å²) in [6, 6.07) is 0.664. The number of anilines is 1. The van der Waals surface area contributed by atoms with Gasteiger partial charge in [0.15, 0.2) is 11.4 Å². The summed E-state index contributed by atoms with van der Waals surface area (Å²) in [5.74, 6) is -7.14. The number of nitrogens with two attached hydrogens (primary N) is 1. The second kappa shape index (κ2) is 8.57. The van der Waals surface area contributed by atoms with Crippen LogP contribution >= 0.6 is 0 Å². The molecule has 6 N–H and O–H groups in total. The summed E-state index contributed by atoms with van der Waals surface area (Å²) in [6.07, 6.45) is 1.78. The molecule has 12 heteroatoms. The van der Waals surface area contributed by atoms with Gasteiger partial charge in [0.05, 0.1) is 23.7 Å². The lowest BCUT2D eigenvalue weighted by Gasteiger charge is -2.50. The first kappa shape index (κ1) is 25.7. The van der Waals surface area contributed by atoms with Crippen LogP contribution in [0.2, 0.25) is 0 Å². The predicted molar refractivity (Wildman–Crippen MR) is 136 cm³/mol. The van der Waals surface area contributed by atoms with E-state index < -0.39 is 58.0 Å². The molecule has 1 fully saturated rings. The number of phenols is 1. The number of phenolic OH excluding ortho intramolecular Hbond substituents is 1. The van der Waals surface area contributed by atoms with Gasteiger partial charge in [-0.15, -0.1) is 0 Å². The highest BCUT2D eigenvalue weighted by Crippen LogP contribution is 2.54. The standard InChI is InChI=1S/C26H30N4O8/c1-29(2)15-7-12(11-8-28-38-9-11)20(31)17-13(15)5-10-6-14-19(30(3)4)22(33)18(25(27)36)24(35)26(14,37)23(34)16(10)21(17)32/h7-8,10-11,14,19,31-32,35,37H,5-6,9H2,1-4H3,(H2,27,36)/t10-,11?,14-,19-,26-/m0/s1. The highest BCUT2D eigenvalue weighted by molar-refractivity contribution is 6.24. The zero-order valence-corrected chi connectivity index (χ0v) is 21.4. The minimum atomic E-state index is -2.67. The molecule has 1 unspecified atom stereocenters. The van der Waals surface area contributed by atoms with Crippen molar-refractivity contribution >= 4 is 35.1 Å². The molecule has 1 aliphatic heterocycles. The van der Waals surface area contributed by atoms with Crippen molar-refractivity contribution < 1.29 is 39.6 Å². The van der Waals surface area contributed by atoms with Crippen LogP contribution in [0.3, 0.4) is 0 Å².